The SMILES string of the molecule is Cc1ccc(CN(C)CC2CCCN2)cc1Cl. The molecule has 1 aliphatic heterocycles. The number of rotatable bonds is 4. The van der Waals surface area contributed by atoms with Crippen molar-refractivity contribution in [2.75, 3.05) is 20.1 Å². The highest BCUT2D eigenvalue weighted by Gasteiger charge is 2.15. The Morgan fingerprint density at radius 1 is 1.47 bits per heavy atom. The fourth-order valence-electron chi connectivity index (χ4n) is 2.40. The van der Waals surface area contributed by atoms with E-state index < -0.39 is 0 Å². The minimum Gasteiger partial charge on any atom is -0.313 e. The highest BCUT2D eigenvalue weighted by Crippen LogP contribution is 2.18. The van der Waals surface area contributed by atoms with E-state index in [0.29, 0.717) is 6.04 Å². The summed E-state index contributed by atoms with van der Waals surface area (Å²) in [6.45, 7) is 5.30. The molecule has 3 heteroatoms. The quantitative estimate of drug-likeness (QED) is 0.887. The topological polar surface area (TPSA) is 15.3 Å². The normalized spacial score (nSPS) is 20.1. The van der Waals surface area contributed by atoms with Crippen molar-refractivity contribution in [2.45, 2.75) is 32.4 Å². The van der Waals surface area contributed by atoms with E-state index in [1.54, 1.807) is 0 Å². The predicted molar refractivity (Wildman–Crippen MR) is 73.5 cm³/mol. The first-order valence-electron chi connectivity index (χ1n) is 6.32. The molecule has 0 radical (unpaired) electrons. The standard InChI is InChI=1S/C14H21ClN2/c1-11-5-6-12(8-14(11)15)9-17(2)10-13-4-3-7-16-13/h5-6,8,13,16H,3-4,7,9-10H2,1-2H3. The Bertz CT molecular complexity index is 372. The van der Waals surface area contributed by atoms with Crippen LogP contribution < -0.4 is 5.32 Å². The number of hydrogen-bond donors (Lipinski definition) is 1. The summed E-state index contributed by atoms with van der Waals surface area (Å²) in [7, 11) is 2.17. The molecule has 1 atom stereocenters. The summed E-state index contributed by atoms with van der Waals surface area (Å²) >= 11 is 6.14. The van der Waals surface area contributed by atoms with E-state index in [9.17, 15) is 0 Å². The minimum atomic E-state index is 0.668. The molecule has 2 nitrogen and oxygen atoms in total. The largest absolute Gasteiger partial charge is 0.313 e. The maximum absolute atomic E-state index is 6.14. The zero-order valence-corrected chi connectivity index (χ0v) is 11.4. The average molecular weight is 253 g/mol. The molecule has 0 saturated carbocycles. The van der Waals surface area contributed by atoms with Gasteiger partial charge in [-0.2, -0.15) is 0 Å². The van der Waals surface area contributed by atoms with Gasteiger partial charge in [-0.3, -0.25) is 0 Å². The first-order valence-corrected chi connectivity index (χ1v) is 6.70. The summed E-state index contributed by atoms with van der Waals surface area (Å²) in [4.78, 5) is 2.37. The monoisotopic (exact) mass is 252 g/mol. The summed E-state index contributed by atoms with van der Waals surface area (Å²) in [5.74, 6) is 0. The molecule has 17 heavy (non-hydrogen) atoms. The van der Waals surface area contributed by atoms with E-state index in [-0.39, 0.29) is 0 Å². The summed E-state index contributed by atoms with van der Waals surface area (Å²) in [6.07, 6.45) is 2.62. The van der Waals surface area contributed by atoms with Crippen molar-refractivity contribution < 1.29 is 0 Å². The third-order valence-electron chi connectivity index (χ3n) is 3.38. The van der Waals surface area contributed by atoms with Crippen molar-refractivity contribution in [1.29, 1.82) is 0 Å². The molecule has 1 heterocycles. The van der Waals surface area contributed by atoms with Crippen LogP contribution in [0.15, 0.2) is 18.2 Å². The molecule has 1 saturated heterocycles. The fourth-order valence-corrected chi connectivity index (χ4v) is 2.60. The van der Waals surface area contributed by atoms with Gasteiger partial charge in [0, 0.05) is 24.2 Å². The molecule has 0 spiro atoms. The van der Waals surface area contributed by atoms with Gasteiger partial charge in [-0.05, 0) is 50.6 Å². The van der Waals surface area contributed by atoms with Gasteiger partial charge in [0.25, 0.3) is 0 Å². The lowest BCUT2D eigenvalue weighted by Gasteiger charge is -2.21. The second-order valence-electron chi connectivity index (χ2n) is 5.07. The van der Waals surface area contributed by atoms with Crippen molar-refractivity contribution in [3.63, 3.8) is 0 Å². The summed E-state index contributed by atoms with van der Waals surface area (Å²) < 4.78 is 0. The van der Waals surface area contributed by atoms with Crippen LogP contribution in [0.3, 0.4) is 0 Å². The van der Waals surface area contributed by atoms with E-state index in [1.807, 2.05) is 6.92 Å². The average Bonchev–Trinajstić information content (AvgIpc) is 2.76. The number of likely N-dealkylation sites (N-methyl/N-ethyl adjacent to an activating group) is 1. The van der Waals surface area contributed by atoms with Gasteiger partial charge in [0.05, 0.1) is 0 Å². The Morgan fingerprint density at radius 3 is 2.94 bits per heavy atom. The molecule has 1 aromatic rings. The summed E-state index contributed by atoms with van der Waals surface area (Å²) in [6, 6.07) is 7.01. The molecule has 0 bridgehead atoms. The highest BCUT2D eigenvalue weighted by atomic mass is 35.5. The molecule has 1 fully saturated rings. The van der Waals surface area contributed by atoms with Crippen molar-refractivity contribution >= 4 is 11.6 Å². The van der Waals surface area contributed by atoms with Crippen LogP contribution in [0.1, 0.15) is 24.0 Å². The first-order chi connectivity index (χ1) is 8.15. The Balaban J connectivity index is 1.88. The van der Waals surface area contributed by atoms with Crippen molar-refractivity contribution in [1.82, 2.24) is 10.2 Å². The van der Waals surface area contributed by atoms with E-state index in [4.69, 9.17) is 11.6 Å². The third-order valence-corrected chi connectivity index (χ3v) is 3.79. The summed E-state index contributed by atoms with van der Waals surface area (Å²) in [5.41, 5.74) is 2.44. The van der Waals surface area contributed by atoms with Crippen LogP contribution in [0.2, 0.25) is 5.02 Å². The summed E-state index contributed by atoms with van der Waals surface area (Å²) in [5, 5.41) is 4.40. The first kappa shape index (κ1) is 12.9. The molecule has 2 rings (SSSR count). The smallest absolute Gasteiger partial charge is 0.0438 e. The Kier molecular flexibility index (Phi) is 4.43. The van der Waals surface area contributed by atoms with Crippen LogP contribution in [0.4, 0.5) is 0 Å². The minimum absolute atomic E-state index is 0.668. The molecule has 1 N–H and O–H groups in total. The number of benzene rings is 1. The Labute approximate surface area is 109 Å². The fraction of sp³-hybridized carbons (Fsp3) is 0.571. The van der Waals surface area contributed by atoms with E-state index in [0.717, 1.165) is 23.7 Å². The molecule has 0 aliphatic carbocycles. The highest BCUT2D eigenvalue weighted by molar-refractivity contribution is 6.31. The van der Waals surface area contributed by atoms with Crippen LogP contribution in [0, 0.1) is 6.92 Å². The Morgan fingerprint density at radius 2 is 2.29 bits per heavy atom. The second kappa shape index (κ2) is 5.85. The molecule has 1 aliphatic rings. The lowest BCUT2D eigenvalue weighted by Crippen LogP contribution is -2.34. The van der Waals surface area contributed by atoms with Crippen molar-refractivity contribution in [2.24, 2.45) is 0 Å². The third kappa shape index (κ3) is 3.70. The lowest BCUT2D eigenvalue weighted by atomic mass is 10.1. The van der Waals surface area contributed by atoms with Gasteiger partial charge in [-0.25, -0.2) is 0 Å². The van der Waals surface area contributed by atoms with E-state index in [1.165, 1.54) is 24.9 Å². The van der Waals surface area contributed by atoms with Crippen molar-refractivity contribution in [3.8, 4) is 0 Å². The van der Waals surface area contributed by atoms with Crippen LogP contribution in [0.5, 0.6) is 0 Å². The number of halogens is 1. The van der Waals surface area contributed by atoms with Crippen LogP contribution >= 0.6 is 11.6 Å². The molecular formula is C14H21ClN2. The predicted octanol–water partition coefficient (Wildman–Crippen LogP) is 2.83. The number of hydrogen-bond acceptors (Lipinski definition) is 2. The number of nitrogens with one attached hydrogen (secondary N) is 1. The molecule has 0 amide bonds. The number of nitrogens with zero attached hydrogens (tertiary/aromatic N) is 1. The van der Waals surface area contributed by atoms with Crippen molar-refractivity contribution in [3.05, 3.63) is 34.3 Å². The zero-order chi connectivity index (χ0) is 12.3. The maximum Gasteiger partial charge on any atom is 0.0438 e. The molecule has 94 valence electrons. The molecular weight excluding hydrogens is 232 g/mol. The lowest BCUT2D eigenvalue weighted by molar-refractivity contribution is 0.293. The van der Waals surface area contributed by atoms with Gasteiger partial charge in [0.1, 0.15) is 0 Å². The van der Waals surface area contributed by atoms with Gasteiger partial charge < -0.3 is 10.2 Å². The zero-order valence-electron chi connectivity index (χ0n) is 10.7. The molecule has 1 unspecified atom stereocenters. The van der Waals surface area contributed by atoms with Gasteiger partial charge >= 0.3 is 0 Å². The van der Waals surface area contributed by atoms with E-state index >= 15 is 0 Å². The maximum atomic E-state index is 6.14. The molecule has 1 aromatic carbocycles. The Hall–Kier alpha value is -0.570. The van der Waals surface area contributed by atoms with Gasteiger partial charge in [0.15, 0.2) is 0 Å². The van der Waals surface area contributed by atoms with E-state index in [2.05, 4.69) is 35.5 Å². The van der Waals surface area contributed by atoms with Gasteiger partial charge in [0.2, 0.25) is 0 Å². The van der Waals surface area contributed by atoms with Gasteiger partial charge in [-0.1, -0.05) is 23.7 Å². The van der Waals surface area contributed by atoms with Crippen LogP contribution in [-0.4, -0.2) is 31.1 Å². The molecule has 0 aromatic heterocycles. The number of aryl methyl sites for hydroxylation is 1. The second-order valence-corrected chi connectivity index (χ2v) is 5.48. The van der Waals surface area contributed by atoms with Gasteiger partial charge in [-0.15, -0.1) is 0 Å². The van der Waals surface area contributed by atoms with Crippen LogP contribution in [0.25, 0.3) is 0 Å². The van der Waals surface area contributed by atoms with Crippen LogP contribution in [-0.2, 0) is 6.54 Å².